The van der Waals surface area contributed by atoms with Crippen LogP contribution < -0.4 is 4.74 Å². The van der Waals surface area contributed by atoms with Crippen molar-refractivity contribution in [1.29, 1.82) is 0 Å². The monoisotopic (exact) mass is 456 g/mol. The van der Waals surface area contributed by atoms with Crippen molar-refractivity contribution in [2.75, 3.05) is 6.61 Å². The Balaban J connectivity index is 1.57. The highest BCUT2D eigenvalue weighted by Gasteiger charge is 2.22. The average Bonchev–Trinajstić information content (AvgIpc) is 2.77. The van der Waals surface area contributed by atoms with Crippen LogP contribution in [0.15, 0.2) is 72.8 Å². The van der Waals surface area contributed by atoms with Crippen molar-refractivity contribution in [3.05, 3.63) is 89.5 Å². The molecule has 2 N–H and O–H groups in total. The van der Waals surface area contributed by atoms with E-state index in [1.807, 2.05) is 72.8 Å². The zero-order valence-electron chi connectivity index (χ0n) is 18.3. The summed E-state index contributed by atoms with van der Waals surface area (Å²) in [5, 5.41) is 9.27. The second kappa shape index (κ2) is 11.4. The summed E-state index contributed by atoms with van der Waals surface area (Å²) < 4.78 is 27.6. The molecule has 0 heterocycles. The fourth-order valence-electron chi connectivity index (χ4n) is 3.19. The molecular formula is C25H29O6P. The van der Waals surface area contributed by atoms with E-state index in [-0.39, 0.29) is 19.3 Å². The van der Waals surface area contributed by atoms with Gasteiger partial charge >= 0.3 is 7.82 Å². The fraction of sp³-hybridized carbons (Fsp3) is 0.280. The van der Waals surface area contributed by atoms with Crippen LogP contribution in [0.4, 0.5) is 0 Å². The van der Waals surface area contributed by atoms with Crippen LogP contribution in [-0.2, 0) is 33.2 Å². The van der Waals surface area contributed by atoms with Crippen LogP contribution in [0.25, 0.3) is 11.1 Å². The second-order valence-corrected chi connectivity index (χ2v) is 9.10. The molecule has 32 heavy (non-hydrogen) atoms. The van der Waals surface area contributed by atoms with E-state index in [0.717, 1.165) is 33.6 Å². The van der Waals surface area contributed by atoms with Gasteiger partial charge in [-0.05, 0) is 60.2 Å². The predicted molar refractivity (Wildman–Crippen MR) is 124 cm³/mol. The minimum absolute atomic E-state index is 0.0104. The van der Waals surface area contributed by atoms with E-state index in [1.54, 1.807) is 13.8 Å². The van der Waals surface area contributed by atoms with Crippen molar-refractivity contribution in [2.24, 2.45) is 0 Å². The first-order valence-electron chi connectivity index (χ1n) is 10.5. The number of benzene rings is 3. The second-order valence-electron chi connectivity index (χ2n) is 7.70. The number of phosphoric ester groups is 1. The Morgan fingerprint density at radius 3 is 2.31 bits per heavy atom. The lowest BCUT2D eigenvalue weighted by molar-refractivity contribution is 0.122. The summed E-state index contributed by atoms with van der Waals surface area (Å²) in [6.45, 7) is 3.89. The van der Waals surface area contributed by atoms with Gasteiger partial charge in [0.25, 0.3) is 0 Å². The minimum atomic E-state index is -4.01. The van der Waals surface area contributed by atoms with Crippen LogP contribution in [0.5, 0.6) is 5.75 Å². The van der Waals surface area contributed by atoms with Gasteiger partial charge in [-0.15, -0.1) is 0 Å². The molecule has 0 aliphatic rings. The maximum Gasteiger partial charge on any atom is 0.472 e. The number of ether oxygens (including phenoxy) is 1. The maximum atomic E-state index is 11.7. The van der Waals surface area contributed by atoms with E-state index in [0.29, 0.717) is 13.0 Å². The minimum Gasteiger partial charge on any atom is -0.489 e. The van der Waals surface area contributed by atoms with Crippen molar-refractivity contribution in [3.63, 3.8) is 0 Å². The summed E-state index contributed by atoms with van der Waals surface area (Å²) in [5.74, 6) is 0.762. The van der Waals surface area contributed by atoms with E-state index in [2.05, 4.69) is 0 Å². The zero-order valence-corrected chi connectivity index (χ0v) is 19.2. The molecular weight excluding hydrogens is 427 g/mol. The van der Waals surface area contributed by atoms with Crippen LogP contribution in [0, 0.1) is 0 Å². The summed E-state index contributed by atoms with van der Waals surface area (Å²) in [4.78, 5) is 9.61. The molecule has 0 fully saturated rings. The number of hydrogen-bond acceptors (Lipinski definition) is 5. The molecule has 3 aromatic carbocycles. The maximum absolute atomic E-state index is 11.7. The average molecular weight is 456 g/mol. The van der Waals surface area contributed by atoms with Gasteiger partial charge in [0.05, 0.1) is 19.3 Å². The van der Waals surface area contributed by atoms with Crippen LogP contribution in [0.2, 0.25) is 0 Å². The molecule has 0 saturated carbocycles. The summed E-state index contributed by atoms with van der Waals surface area (Å²) in [5.41, 5.74) is 4.92. The molecule has 0 spiro atoms. The fourth-order valence-corrected chi connectivity index (χ4v) is 4.11. The van der Waals surface area contributed by atoms with Crippen molar-refractivity contribution in [1.82, 2.24) is 0 Å². The molecule has 3 rings (SSSR count). The summed E-state index contributed by atoms with van der Waals surface area (Å²) in [7, 11) is -4.01. The van der Waals surface area contributed by atoms with Crippen LogP contribution in [0.1, 0.15) is 30.5 Å². The van der Waals surface area contributed by atoms with Gasteiger partial charge in [0, 0.05) is 0 Å². The van der Waals surface area contributed by atoms with E-state index >= 15 is 0 Å². The SMILES string of the molecule is CC(C)OP(=O)(O)OCCc1ccc(-c2cccc(OCc3cccc(CO)c3)c2)cc1. The first kappa shape index (κ1) is 24.2. The molecule has 7 heteroatoms. The Morgan fingerprint density at radius 2 is 1.59 bits per heavy atom. The molecule has 0 radical (unpaired) electrons. The summed E-state index contributed by atoms with van der Waals surface area (Å²) >= 11 is 0. The first-order valence-corrected chi connectivity index (χ1v) is 12.0. The molecule has 1 unspecified atom stereocenters. The Kier molecular flexibility index (Phi) is 8.62. The Labute approximate surface area is 189 Å². The molecule has 0 bridgehead atoms. The van der Waals surface area contributed by atoms with Gasteiger partial charge in [0.1, 0.15) is 12.4 Å². The molecule has 1 atom stereocenters. The van der Waals surface area contributed by atoms with E-state index < -0.39 is 7.82 Å². The Morgan fingerprint density at radius 1 is 0.875 bits per heavy atom. The van der Waals surface area contributed by atoms with Gasteiger partial charge in [-0.2, -0.15) is 0 Å². The Hall–Kier alpha value is -2.47. The zero-order chi connectivity index (χ0) is 23.0. The van der Waals surface area contributed by atoms with Crippen molar-refractivity contribution < 1.29 is 28.3 Å². The van der Waals surface area contributed by atoms with Gasteiger partial charge in [-0.3, -0.25) is 9.05 Å². The van der Waals surface area contributed by atoms with Crippen molar-refractivity contribution in [2.45, 2.75) is 39.6 Å². The molecule has 0 aliphatic carbocycles. The van der Waals surface area contributed by atoms with Crippen LogP contribution in [-0.4, -0.2) is 22.7 Å². The third-order valence-corrected chi connectivity index (χ3v) is 5.89. The number of hydrogen-bond donors (Lipinski definition) is 2. The predicted octanol–water partition coefficient (Wildman–Crippen LogP) is 5.51. The van der Waals surface area contributed by atoms with Crippen molar-refractivity contribution >= 4 is 7.82 Å². The molecule has 0 amide bonds. The smallest absolute Gasteiger partial charge is 0.472 e. The lowest BCUT2D eigenvalue weighted by Crippen LogP contribution is -2.04. The Bertz CT molecular complexity index is 1050. The van der Waals surface area contributed by atoms with Gasteiger partial charge < -0.3 is 14.7 Å². The number of aliphatic hydroxyl groups is 1. The first-order chi connectivity index (χ1) is 15.3. The molecule has 3 aromatic rings. The highest BCUT2D eigenvalue weighted by atomic mass is 31.2. The molecule has 0 aliphatic heterocycles. The van der Waals surface area contributed by atoms with E-state index in [9.17, 15) is 14.6 Å². The standard InChI is InChI=1S/C25H29O6P/c1-19(2)31-32(27,28)30-14-13-20-9-11-23(12-10-20)24-7-4-8-25(16-24)29-18-22-6-3-5-21(15-22)17-26/h3-12,15-16,19,26H,13-14,17-18H2,1-2H3,(H,27,28). The third-order valence-electron chi connectivity index (χ3n) is 4.69. The number of aliphatic hydroxyl groups excluding tert-OH is 1. The third kappa shape index (κ3) is 7.59. The number of rotatable bonds is 11. The van der Waals surface area contributed by atoms with Crippen LogP contribution in [0.3, 0.4) is 0 Å². The van der Waals surface area contributed by atoms with Gasteiger partial charge in [-0.1, -0.05) is 60.7 Å². The van der Waals surface area contributed by atoms with Gasteiger partial charge in [0.2, 0.25) is 0 Å². The number of phosphoric acid groups is 1. The topological polar surface area (TPSA) is 85.2 Å². The van der Waals surface area contributed by atoms with Gasteiger partial charge in [-0.25, -0.2) is 4.57 Å². The molecule has 6 nitrogen and oxygen atoms in total. The highest BCUT2D eigenvalue weighted by Crippen LogP contribution is 2.44. The normalized spacial score (nSPS) is 13.2. The van der Waals surface area contributed by atoms with Crippen molar-refractivity contribution in [3.8, 4) is 16.9 Å². The summed E-state index contributed by atoms with van der Waals surface area (Å²) in [6.07, 6.45) is 0.123. The quantitative estimate of drug-likeness (QED) is 0.370. The lowest BCUT2D eigenvalue weighted by Gasteiger charge is -2.14. The summed E-state index contributed by atoms with van der Waals surface area (Å²) in [6, 6.07) is 23.5. The molecule has 0 aromatic heterocycles. The molecule has 170 valence electrons. The largest absolute Gasteiger partial charge is 0.489 e. The lowest BCUT2D eigenvalue weighted by atomic mass is 10.0. The highest BCUT2D eigenvalue weighted by molar-refractivity contribution is 7.47. The van der Waals surface area contributed by atoms with Crippen LogP contribution >= 0.6 is 7.82 Å². The van der Waals surface area contributed by atoms with E-state index in [4.69, 9.17) is 13.8 Å². The molecule has 0 saturated heterocycles. The van der Waals surface area contributed by atoms with E-state index in [1.165, 1.54) is 0 Å². The van der Waals surface area contributed by atoms with Gasteiger partial charge in [0.15, 0.2) is 0 Å².